The van der Waals surface area contributed by atoms with Crippen LogP contribution in [0.1, 0.15) is 47.9 Å². The quantitative estimate of drug-likeness (QED) is 0.814. The van der Waals surface area contributed by atoms with Gasteiger partial charge in [0.15, 0.2) is 0 Å². The largest absolute Gasteiger partial charge is 0.477 e. The van der Waals surface area contributed by atoms with E-state index in [9.17, 15) is 4.79 Å². The molecule has 1 aromatic heterocycles. The number of carboxylic acids is 1. The summed E-state index contributed by atoms with van der Waals surface area (Å²) in [5.41, 5.74) is 0.200. The fourth-order valence-corrected chi connectivity index (χ4v) is 3.29. The van der Waals surface area contributed by atoms with Crippen LogP contribution in [-0.4, -0.2) is 45.1 Å². The third kappa shape index (κ3) is 1.74. The van der Waals surface area contributed by atoms with Crippen molar-refractivity contribution in [2.45, 2.75) is 43.7 Å². The van der Waals surface area contributed by atoms with Crippen LogP contribution in [0.3, 0.4) is 0 Å². The predicted octanol–water partition coefficient (Wildman–Crippen LogP) is 1.45. The van der Waals surface area contributed by atoms with Crippen molar-refractivity contribution in [2.24, 2.45) is 0 Å². The summed E-state index contributed by atoms with van der Waals surface area (Å²) >= 11 is 0. The maximum Gasteiger partial charge on any atom is 0.353 e. The molecule has 0 amide bonds. The number of hydrogen-bond acceptors (Lipinski definition) is 3. The highest BCUT2D eigenvalue weighted by atomic mass is 16.4. The summed E-state index contributed by atoms with van der Waals surface area (Å²) in [5.74, 6) is 0.323. The first kappa shape index (κ1) is 10.8. The average Bonchev–Trinajstić information content (AvgIpc) is 2.83. The number of aromatic carboxylic acids is 1. The number of fused-ring (bicyclic) bond motifs is 2. The minimum absolute atomic E-state index is 0.200. The Morgan fingerprint density at radius 3 is 2.65 bits per heavy atom. The number of aromatic nitrogens is 2. The summed E-state index contributed by atoms with van der Waals surface area (Å²) in [6, 6.07) is 1.30. The van der Waals surface area contributed by atoms with Gasteiger partial charge in [-0.1, -0.05) is 0 Å². The molecule has 0 aliphatic carbocycles. The van der Waals surface area contributed by atoms with Crippen molar-refractivity contribution in [2.75, 3.05) is 7.05 Å². The second-order valence-electron chi connectivity index (χ2n) is 5.21. The Kier molecular flexibility index (Phi) is 2.43. The van der Waals surface area contributed by atoms with Crippen molar-refractivity contribution in [1.82, 2.24) is 14.9 Å². The number of rotatable bonds is 2. The normalized spacial score (nSPS) is 32.9. The van der Waals surface area contributed by atoms with E-state index in [-0.39, 0.29) is 5.69 Å². The van der Waals surface area contributed by atoms with Gasteiger partial charge in [0.25, 0.3) is 0 Å². The zero-order valence-electron chi connectivity index (χ0n) is 9.89. The monoisotopic (exact) mass is 235 g/mol. The highest BCUT2D eigenvalue weighted by molar-refractivity contribution is 5.85. The van der Waals surface area contributed by atoms with E-state index in [2.05, 4.69) is 21.9 Å². The van der Waals surface area contributed by atoms with E-state index in [1.54, 1.807) is 0 Å². The van der Waals surface area contributed by atoms with E-state index in [0.717, 1.165) is 18.7 Å². The summed E-state index contributed by atoms with van der Waals surface area (Å²) in [6.07, 6.45) is 6.16. The lowest BCUT2D eigenvalue weighted by atomic mass is 9.90. The minimum atomic E-state index is -0.931. The average molecular weight is 235 g/mol. The molecule has 2 atom stereocenters. The van der Waals surface area contributed by atoms with E-state index < -0.39 is 5.97 Å². The van der Waals surface area contributed by atoms with Crippen LogP contribution in [0, 0.1) is 0 Å². The van der Waals surface area contributed by atoms with Gasteiger partial charge in [-0.3, -0.25) is 0 Å². The van der Waals surface area contributed by atoms with Crippen LogP contribution in [0.25, 0.3) is 0 Å². The van der Waals surface area contributed by atoms with Gasteiger partial charge in [-0.15, -0.1) is 0 Å². The van der Waals surface area contributed by atoms with Crippen molar-refractivity contribution >= 4 is 5.97 Å². The van der Waals surface area contributed by atoms with Crippen molar-refractivity contribution in [3.05, 3.63) is 17.7 Å². The first-order chi connectivity index (χ1) is 8.15. The molecule has 0 radical (unpaired) electrons. The molecule has 92 valence electrons. The van der Waals surface area contributed by atoms with Gasteiger partial charge in [-0.25, -0.2) is 9.78 Å². The van der Waals surface area contributed by atoms with E-state index in [0.29, 0.717) is 18.0 Å². The van der Waals surface area contributed by atoms with Crippen molar-refractivity contribution < 1.29 is 9.90 Å². The Morgan fingerprint density at radius 1 is 1.47 bits per heavy atom. The van der Waals surface area contributed by atoms with E-state index in [1.165, 1.54) is 19.0 Å². The SMILES string of the molecule is CN1C2CCC1CC(c1ncc(C(=O)O)[nH]1)C2. The number of hydrogen-bond donors (Lipinski definition) is 2. The summed E-state index contributed by atoms with van der Waals surface area (Å²) in [5, 5.41) is 8.88. The molecule has 2 saturated heterocycles. The fourth-order valence-electron chi connectivity index (χ4n) is 3.29. The Hall–Kier alpha value is -1.36. The van der Waals surface area contributed by atoms with Gasteiger partial charge in [0, 0.05) is 18.0 Å². The molecule has 1 aromatic rings. The van der Waals surface area contributed by atoms with Gasteiger partial charge in [0.05, 0.1) is 6.20 Å². The zero-order chi connectivity index (χ0) is 12.0. The summed E-state index contributed by atoms with van der Waals surface area (Å²) in [4.78, 5) is 20.4. The van der Waals surface area contributed by atoms with Crippen LogP contribution in [0.4, 0.5) is 0 Å². The topological polar surface area (TPSA) is 69.2 Å². The Bertz CT molecular complexity index is 429. The highest BCUT2D eigenvalue weighted by Gasteiger charge is 2.39. The Balaban J connectivity index is 1.79. The van der Waals surface area contributed by atoms with Crippen LogP contribution < -0.4 is 0 Å². The van der Waals surface area contributed by atoms with Crippen molar-refractivity contribution in [1.29, 1.82) is 0 Å². The standard InChI is InChI=1S/C12H17N3O2/c1-15-8-2-3-9(15)5-7(4-8)11-13-6-10(14-11)12(16)17/h6-9H,2-5H2,1H3,(H,13,14)(H,16,17). The molecule has 2 aliphatic heterocycles. The first-order valence-electron chi connectivity index (χ1n) is 6.15. The smallest absolute Gasteiger partial charge is 0.353 e. The van der Waals surface area contributed by atoms with Crippen LogP contribution in [-0.2, 0) is 0 Å². The van der Waals surface area contributed by atoms with Crippen LogP contribution in [0.5, 0.6) is 0 Å². The molecule has 2 N–H and O–H groups in total. The number of nitrogens with one attached hydrogen (secondary N) is 1. The number of carbonyl (C=O) groups is 1. The van der Waals surface area contributed by atoms with E-state index >= 15 is 0 Å². The Labute approximate surface area is 99.8 Å². The molecule has 2 unspecified atom stereocenters. The van der Waals surface area contributed by atoms with E-state index in [1.807, 2.05) is 0 Å². The molecule has 0 saturated carbocycles. The fraction of sp³-hybridized carbons (Fsp3) is 0.667. The van der Waals surface area contributed by atoms with Gasteiger partial charge in [0.2, 0.25) is 0 Å². The summed E-state index contributed by atoms with van der Waals surface area (Å²) in [7, 11) is 2.20. The predicted molar refractivity (Wildman–Crippen MR) is 62.1 cm³/mol. The number of imidazole rings is 1. The van der Waals surface area contributed by atoms with Gasteiger partial charge in [-0.2, -0.15) is 0 Å². The van der Waals surface area contributed by atoms with Crippen LogP contribution >= 0.6 is 0 Å². The molecule has 17 heavy (non-hydrogen) atoms. The minimum Gasteiger partial charge on any atom is -0.477 e. The summed E-state index contributed by atoms with van der Waals surface area (Å²) in [6.45, 7) is 0. The van der Waals surface area contributed by atoms with Gasteiger partial charge in [0.1, 0.15) is 11.5 Å². The third-order valence-electron chi connectivity index (χ3n) is 4.31. The van der Waals surface area contributed by atoms with Crippen molar-refractivity contribution in [3.63, 3.8) is 0 Å². The lowest BCUT2D eigenvalue weighted by molar-refractivity contribution is 0.0691. The first-order valence-corrected chi connectivity index (χ1v) is 6.15. The number of nitrogens with zero attached hydrogens (tertiary/aromatic N) is 2. The maximum absolute atomic E-state index is 10.8. The second-order valence-corrected chi connectivity index (χ2v) is 5.21. The molecule has 5 nitrogen and oxygen atoms in total. The molecule has 2 bridgehead atoms. The molecular weight excluding hydrogens is 218 g/mol. The molecule has 5 heteroatoms. The molecule has 3 heterocycles. The zero-order valence-corrected chi connectivity index (χ0v) is 9.89. The van der Waals surface area contributed by atoms with Gasteiger partial charge >= 0.3 is 5.97 Å². The second kappa shape index (κ2) is 3.84. The lowest BCUT2D eigenvalue weighted by Gasteiger charge is -2.35. The number of H-pyrrole nitrogens is 1. The van der Waals surface area contributed by atoms with Gasteiger partial charge < -0.3 is 15.0 Å². The Morgan fingerprint density at radius 2 is 2.12 bits per heavy atom. The lowest BCUT2D eigenvalue weighted by Crippen LogP contribution is -2.39. The van der Waals surface area contributed by atoms with Crippen LogP contribution in [0.15, 0.2) is 6.20 Å². The van der Waals surface area contributed by atoms with Gasteiger partial charge in [-0.05, 0) is 32.7 Å². The number of aromatic amines is 1. The molecule has 2 aliphatic rings. The molecular formula is C12H17N3O2. The third-order valence-corrected chi connectivity index (χ3v) is 4.31. The number of carboxylic acid groups (broad SMARTS) is 1. The molecule has 2 fully saturated rings. The molecule has 0 aromatic carbocycles. The maximum atomic E-state index is 10.8. The molecule has 3 rings (SSSR count). The van der Waals surface area contributed by atoms with Crippen LogP contribution in [0.2, 0.25) is 0 Å². The van der Waals surface area contributed by atoms with E-state index in [4.69, 9.17) is 5.11 Å². The number of piperidine rings is 1. The molecule has 0 spiro atoms. The summed E-state index contributed by atoms with van der Waals surface area (Å²) < 4.78 is 0. The highest BCUT2D eigenvalue weighted by Crippen LogP contribution is 2.41. The van der Waals surface area contributed by atoms with Crippen molar-refractivity contribution in [3.8, 4) is 0 Å².